The number of fused-ring (bicyclic) bond motifs is 1. The number of pyridine rings is 1. The Labute approximate surface area is 175 Å². The monoisotopic (exact) mass is 425 g/mol. The van der Waals surface area contributed by atoms with Gasteiger partial charge in [-0.25, -0.2) is 4.21 Å². The molecule has 0 saturated heterocycles. The number of carbonyl (C=O) groups is 1. The molecule has 2 aromatic carbocycles. The molecule has 2 unspecified atom stereocenters. The number of allylic oxidation sites excluding steroid dienone is 1. The van der Waals surface area contributed by atoms with E-state index in [1.54, 1.807) is 42.7 Å². The first kappa shape index (κ1) is 19.5. The second-order valence-electron chi connectivity index (χ2n) is 6.51. The lowest BCUT2D eigenvalue weighted by Crippen LogP contribution is -2.16. The van der Waals surface area contributed by atoms with Gasteiger partial charge in [0.25, 0.3) is 0 Å². The molecule has 1 N–H and O–H groups in total. The van der Waals surface area contributed by atoms with E-state index in [1.165, 1.54) is 0 Å². The zero-order chi connectivity index (χ0) is 20.4. The van der Waals surface area contributed by atoms with E-state index in [1.807, 2.05) is 24.3 Å². The van der Waals surface area contributed by atoms with Crippen molar-refractivity contribution >= 4 is 40.3 Å². The first-order chi connectivity index (χ1) is 14.1. The number of hydrogen-bond acceptors (Lipinski definition) is 4. The molecule has 0 aliphatic carbocycles. The molecule has 2 heterocycles. The zero-order valence-corrected chi connectivity index (χ0v) is 16.7. The van der Waals surface area contributed by atoms with Gasteiger partial charge in [0.1, 0.15) is 17.8 Å². The Balaban J connectivity index is 1.91. The maximum absolute atomic E-state index is 12.2. The molecule has 3 aromatic rings. The molecule has 1 aliphatic rings. The van der Waals surface area contributed by atoms with Gasteiger partial charge in [0.2, 0.25) is 0 Å². The molecule has 0 spiro atoms. The van der Waals surface area contributed by atoms with Gasteiger partial charge >= 0.3 is 0 Å². The highest BCUT2D eigenvalue weighted by Gasteiger charge is 2.32. The molecular weight excluding hydrogens is 410 g/mol. The van der Waals surface area contributed by atoms with Crippen molar-refractivity contribution < 1.29 is 18.3 Å². The fourth-order valence-corrected chi connectivity index (χ4v) is 4.09. The van der Waals surface area contributed by atoms with Crippen molar-refractivity contribution in [2.24, 2.45) is 0 Å². The second-order valence-corrected chi connectivity index (χ2v) is 7.85. The summed E-state index contributed by atoms with van der Waals surface area (Å²) in [6.07, 6.45) is 4.08. The van der Waals surface area contributed by atoms with Gasteiger partial charge in [0.05, 0.1) is 16.7 Å². The van der Waals surface area contributed by atoms with Crippen molar-refractivity contribution in [2.45, 2.75) is 11.7 Å². The van der Waals surface area contributed by atoms with Crippen LogP contribution in [0.3, 0.4) is 0 Å². The summed E-state index contributed by atoms with van der Waals surface area (Å²) < 4.78 is 26.4. The zero-order valence-electron chi connectivity index (χ0n) is 15.1. The number of ether oxygens (including phenoxy) is 1. The summed E-state index contributed by atoms with van der Waals surface area (Å²) in [5.74, 6) is 0.582. The average molecular weight is 426 g/mol. The van der Waals surface area contributed by atoms with Gasteiger partial charge < -0.3 is 14.1 Å². The van der Waals surface area contributed by atoms with E-state index in [0.717, 1.165) is 23.0 Å². The van der Waals surface area contributed by atoms with Gasteiger partial charge in [0, 0.05) is 34.7 Å². The highest BCUT2D eigenvalue weighted by molar-refractivity contribution is 7.78. The third kappa shape index (κ3) is 3.87. The van der Waals surface area contributed by atoms with E-state index < -0.39 is 17.0 Å². The van der Waals surface area contributed by atoms with Crippen LogP contribution in [0, 0.1) is 0 Å². The molecule has 0 bridgehead atoms. The molecule has 4 rings (SSSR count). The van der Waals surface area contributed by atoms with E-state index in [-0.39, 0.29) is 5.75 Å². The van der Waals surface area contributed by atoms with E-state index >= 15 is 0 Å². The Kier molecular flexibility index (Phi) is 5.58. The summed E-state index contributed by atoms with van der Waals surface area (Å²) in [5.41, 5.74) is 3.47. The summed E-state index contributed by atoms with van der Waals surface area (Å²) in [6, 6.07) is 16.2. The van der Waals surface area contributed by atoms with Gasteiger partial charge in [-0.15, -0.1) is 0 Å². The normalized spacial score (nSPS) is 16.7. The molecule has 0 radical (unpaired) electrons. The predicted octanol–water partition coefficient (Wildman–Crippen LogP) is 4.70. The SMILES string of the molecule is O=CC1C(c2cnccc2Cl)=C(c2ccc(CS(=O)O)cc2)Oc2ccccc21. The number of carbonyl (C=O) groups excluding carboxylic acids is 1. The summed E-state index contributed by atoms with van der Waals surface area (Å²) in [5, 5.41) is 0.467. The van der Waals surface area contributed by atoms with Crippen LogP contribution < -0.4 is 4.74 Å². The van der Waals surface area contributed by atoms with Gasteiger partial charge in [0.15, 0.2) is 11.1 Å². The molecule has 0 fully saturated rings. The minimum absolute atomic E-state index is 0.0429. The summed E-state index contributed by atoms with van der Waals surface area (Å²) in [6.45, 7) is 0. The summed E-state index contributed by atoms with van der Waals surface area (Å²) >= 11 is 4.52. The van der Waals surface area contributed by atoms with Crippen molar-refractivity contribution in [2.75, 3.05) is 0 Å². The first-order valence-electron chi connectivity index (χ1n) is 8.81. The lowest BCUT2D eigenvalue weighted by Gasteiger charge is -2.28. The molecule has 5 nitrogen and oxygen atoms in total. The molecule has 29 heavy (non-hydrogen) atoms. The topological polar surface area (TPSA) is 76.5 Å². The number of para-hydroxylation sites is 1. The Morgan fingerprint density at radius 3 is 2.59 bits per heavy atom. The molecule has 0 saturated carbocycles. The maximum Gasteiger partial charge on any atom is 0.157 e. The fourth-order valence-electron chi connectivity index (χ4n) is 3.41. The van der Waals surface area contributed by atoms with E-state index in [9.17, 15) is 9.00 Å². The Morgan fingerprint density at radius 2 is 1.90 bits per heavy atom. The minimum Gasteiger partial charge on any atom is -0.456 e. The first-order valence-corrected chi connectivity index (χ1v) is 10.5. The van der Waals surface area contributed by atoms with Crippen molar-refractivity contribution in [1.82, 2.24) is 4.98 Å². The van der Waals surface area contributed by atoms with Crippen LogP contribution in [-0.4, -0.2) is 20.0 Å². The standard InChI is InChI=1S/C22H16ClNO4S/c23-19-9-10-24-11-17(19)21-18(12-25)16-3-1-2-4-20(16)28-22(21)15-7-5-14(6-8-15)13-29(26)27/h1-12,18H,13H2,(H,26,27). The van der Waals surface area contributed by atoms with Gasteiger partial charge in [-0.2, -0.15) is 0 Å². The van der Waals surface area contributed by atoms with E-state index in [2.05, 4.69) is 4.98 Å². The third-order valence-electron chi connectivity index (χ3n) is 4.72. The maximum atomic E-state index is 12.2. The largest absolute Gasteiger partial charge is 0.456 e. The van der Waals surface area contributed by atoms with Gasteiger partial charge in [-0.3, -0.25) is 4.98 Å². The Hall–Kier alpha value is -2.80. The van der Waals surface area contributed by atoms with Gasteiger partial charge in [-0.05, 0) is 17.7 Å². The van der Waals surface area contributed by atoms with Crippen LogP contribution in [-0.2, 0) is 21.6 Å². The number of halogens is 1. The minimum atomic E-state index is -1.92. The number of rotatable bonds is 5. The molecule has 2 atom stereocenters. The average Bonchev–Trinajstić information content (AvgIpc) is 2.73. The predicted molar refractivity (Wildman–Crippen MR) is 113 cm³/mol. The Bertz CT molecular complexity index is 1130. The van der Waals surface area contributed by atoms with Crippen molar-refractivity contribution in [3.63, 3.8) is 0 Å². The lowest BCUT2D eigenvalue weighted by atomic mass is 9.84. The summed E-state index contributed by atoms with van der Waals surface area (Å²) in [4.78, 5) is 16.3. The number of benzene rings is 2. The molecule has 1 aromatic heterocycles. The molecule has 7 heteroatoms. The van der Waals surface area contributed by atoms with Crippen LogP contribution in [0.4, 0.5) is 0 Å². The molecular formula is C22H16ClNO4S. The van der Waals surface area contributed by atoms with Crippen molar-refractivity contribution in [1.29, 1.82) is 0 Å². The van der Waals surface area contributed by atoms with Crippen LogP contribution in [0.25, 0.3) is 11.3 Å². The third-order valence-corrected chi connectivity index (χ3v) is 5.63. The highest BCUT2D eigenvalue weighted by Crippen LogP contribution is 2.47. The summed E-state index contributed by atoms with van der Waals surface area (Å²) in [7, 11) is 0. The quantitative estimate of drug-likeness (QED) is 0.473. The highest BCUT2D eigenvalue weighted by atomic mass is 35.5. The molecule has 146 valence electrons. The second kappa shape index (κ2) is 8.29. The van der Waals surface area contributed by atoms with Crippen LogP contribution in [0.5, 0.6) is 5.75 Å². The molecule has 1 aliphatic heterocycles. The lowest BCUT2D eigenvalue weighted by molar-refractivity contribution is -0.108. The number of aromatic nitrogens is 1. The molecule has 0 amide bonds. The van der Waals surface area contributed by atoms with Crippen LogP contribution in [0.1, 0.15) is 28.2 Å². The van der Waals surface area contributed by atoms with Gasteiger partial charge in [-0.1, -0.05) is 54.1 Å². The smallest absolute Gasteiger partial charge is 0.157 e. The van der Waals surface area contributed by atoms with Crippen LogP contribution in [0.2, 0.25) is 5.02 Å². The van der Waals surface area contributed by atoms with Crippen LogP contribution in [0.15, 0.2) is 67.0 Å². The van der Waals surface area contributed by atoms with Crippen molar-refractivity contribution in [3.8, 4) is 5.75 Å². The van der Waals surface area contributed by atoms with E-state index in [4.69, 9.17) is 20.9 Å². The Morgan fingerprint density at radius 1 is 1.14 bits per heavy atom. The van der Waals surface area contributed by atoms with E-state index in [0.29, 0.717) is 27.7 Å². The number of aldehydes is 1. The van der Waals surface area contributed by atoms with Crippen LogP contribution >= 0.6 is 11.6 Å². The number of nitrogens with zero attached hydrogens (tertiary/aromatic N) is 1. The number of hydrogen-bond donors (Lipinski definition) is 1. The van der Waals surface area contributed by atoms with Crippen molar-refractivity contribution in [3.05, 3.63) is 94.3 Å². The fraction of sp³-hybridized carbons (Fsp3) is 0.0909.